The molecule has 0 aliphatic heterocycles. The highest BCUT2D eigenvalue weighted by atomic mass is 35.5. The van der Waals surface area contributed by atoms with E-state index in [1.54, 1.807) is 24.3 Å². The summed E-state index contributed by atoms with van der Waals surface area (Å²) in [6.07, 6.45) is 0. The standard InChI is InChI=1S/C14H11ClFNO2/c15-11-3-1-2-9(6-11)8-19-14(18)10-4-5-12(16)13(17)7-10/h1-7H,8,17H2. The number of hydrogen-bond donors (Lipinski definition) is 1. The highest BCUT2D eigenvalue weighted by Gasteiger charge is 2.09. The van der Waals surface area contributed by atoms with Crippen LogP contribution in [-0.2, 0) is 11.3 Å². The van der Waals surface area contributed by atoms with E-state index in [1.807, 2.05) is 0 Å². The number of halogens is 2. The zero-order valence-electron chi connectivity index (χ0n) is 9.90. The number of hydrogen-bond acceptors (Lipinski definition) is 3. The molecule has 2 rings (SSSR count). The molecule has 0 spiro atoms. The second-order valence-corrected chi connectivity index (χ2v) is 4.38. The van der Waals surface area contributed by atoms with Crippen molar-refractivity contribution in [1.82, 2.24) is 0 Å². The van der Waals surface area contributed by atoms with Crippen LogP contribution >= 0.6 is 11.6 Å². The van der Waals surface area contributed by atoms with Crippen molar-refractivity contribution < 1.29 is 13.9 Å². The van der Waals surface area contributed by atoms with Crippen molar-refractivity contribution in [3.05, 3.63) is 64.4 Å². The molecule has 0 amide bonds. The lowest BCUT2D eigenvalue weighted by Gasteiger charge is -2.06. The Morgan fingerprint density at radius 1 is 1.26 bits per heavy atom. The van der Waals surface area contributed by atoms with Gasteiger partial charge in [0.05, 0.1) is 11.3 Å². The van der Waals surface area contributed by atoms with Crippen LogP contribution in [0.1, 0.15) is 15.9 Å². The number of benzene rings is 2. The number of ether oxygens (including phenoxy) is 1. The zero-order chi connectivity index (χ0) is 13.8. The Kier molecular flexibility index (Phi) is 4.02. The molecule has 3 nitrogen and oxygen atoms in total. The van der Waals surface area contributed by atoms with Gasteiger partial charge in [0.2, 0.25) is 0 Å². The van der Waals surface area contributed by atoms with Gasteiger partial charge in [0.25, 0.3) is 0 Å². The quantitative estimate of drug-likeness (QED) is 0.692. The van der Waals surface area contributed by atoms with Gasteiger partial charge in [-0.25, -0.2) is 9.18 Å². The number of carbonyl (C=O) groups is 1. The van der Waals surface area contributed by atoms with E-state index in [0.29, 0.717) is 5.02 Å². The van der Waals surface area contributed by atoms with Crippen LogP contribution in [0, 0.1) is 5.82 Å². The van der Waals surface area contributed by atoms with Crippen molar-refractivity contribution >= 4 is 23.3 Å². The van der Waals surface area contributed by atoms with Gasteiger partial charge in [-0.15, -0.1) is 0 Å². The molecular formula is C14H11ClFNO2. The van der Waals surface area contributed by atoms with Gasteiger partial charge in [0, 0.05) is 5.02 Å². The first-order chi connectivity index (χ1) is 9.06. The van der Waals surface area contributed by atoms with Gasteiger partial charge in [0.15, 0.2) is 0 Å². The molecule has 0 fully saturated rings. The van der Waals surface area contributed by atoms with Gasteiger partial charge < -0.3 is 10.5 Å². The molecule has 0 unspecified atom stereocenters. The summed E-state index contributed by atoms with van der Waals surface area (Å²) >= 11 is 5.82. The molecule has 0 aliphatic rings. The number of nitrogens with two attached hydrogens (primary N) is 1. The molecule has 2 aromatic rings. The van der Waals surface area contributed by atoms with E-state index in [9.17, 15) is 9.18 Å². The number of carbonyl (C=O) groups excluding carboxylic acids is 1. The zero-order valence-corrected chi connectivity index (χ0v) is 10.7. The van der Waals surface area contributed by atoms with E-state index in [-0.39, 0.29) is 17.9 Å². The smallest absolute Gasteiger partial charge is 0.338 e. The third kappa shape index (κ3) is 3.45. The first kappa shape index (κ1) is 13.4. The molecule has 0 saturated heterocycles. The summed E-state index contributed by atoms with van der Waals surface area (Å²) in [5, 5.41) is 0.569. The van der Waals surface area contributed by atoms with Crippen LogP contribution in [0.25, 0.3) is 0 Å². The lowest BCUT2D eigenvalue weighted by Crippen LogP contribution is -2.06. The Bertz CT molecular complexity index is 616. The Morgan fingerprint density at radius 3 is 2.74 bits per heavy atom. The van der Waals surface area contributed by atoms with E-state index in [2.05, 4.69) is 0 Å². The molecule has 98 valence electrons. The predicted molar refractivity (Wildman–Crippen MR) is 71.4 cm³/mol. The van der Waals surface area contributed by atoms with Gasteiger partial charge in [-0.05, 0) is 35.9 Å². The minimum atomic E-state index is -0.564. The van der Waals surface area contributed by atoms with Crippen molar-refractivity contribution in [1.29, 1.82) is 0 Å². The fraction of sp³-hybridized carbons (Fsp3) is 0.0714. The van der Waals surface area contributed by atoms with Crippen molar-refractivity contribution in [3.63, 3.8) is 0 Å². The molecule has 2 aromatic carbocycles. The Balaban J connectivity index is 2.03. The molecule has 0 aromatic heterocycles. The monoisotopic (exact) mass is 279 g/mol. The molecule has 0 aliphatic carbocycles. The highest BCUT2D eigenvalue weighted by Crippen LogP contribution is 2.15. The molecule has 5 heteroatoms. The van der Waals surface area contributed by atoms with E-state index in [1.165, 1.54) is 12.1 Å². The summed E-state index contributed by atoms with van der Waals surface area (Å²) in [5.41, 5.74) is 6.28. The summed E-state index contributed by atoms with van der Waals surface area (Å²) in [5.74, 6) is -1.13. The van der Waals surface area contributed by atoms with Crippen LogP contribution in [0.4, 0.5) is 10.1 Å². The summed E-state index contributed by atoms with van der Waals surface area (Å²) in [7, 11) is 0. The van der Waals surface area contributed by atoms with Crippen LogP contribution in [0.3, 0.4) is 0 Å². The maximum Gasteiger partial charge on any atom is 0.338 e. The fourth-order valence-corrected chi connectivity index (χ4v) is 1.74. The SMILES string of the molecule is Nc1cc(C(=O)OCc2cccc(Cl)c2)ccc1F. The minimum Gasteiger partial charge on any atom is -0.457 e. The maximum atomic E-state index is 13.0. The molecule has 0 bridgehead atoms. The third-order valence-electron chi connectivity index (χ3n) is 2.49. The van der Waals surface area contributed by atoms with E-state index in [4.69, 9.17) is 22.1 Å². The Morgan fingerprint density at radius 2 is 2.05 bits per heavy atom. The molecule has 0 atom stereocenters. The summed E-state index contributed by atoms with van der Waals surface area (Å²) in [6, 6.07) is 10.7. The normalized spacial score (nSPS) is 10.2. The Hall–Kier alpha value is -2.07. The predicted octanol–water partition coefficient (Wildman–Crippen LogP) is 3.42. The Labute approximate surface area is 114 Å². The highest BCUT2D eigenvalue weighted by molar-refractivity contribution is 6.30. The molecule has 2 N–H and O–H groups in total. The van der Waals surface area contributed by atoms with Gasteiger partial charge in [-0.2, -0.15) is 0 Å². The molecule has 0 heterocycles. The summed E-state index contributed by atoms with van der Waals surface area (Å²) in [4.78, 5) is 11.7. The van der Waals surface area contributed by atoms with Crippen molar-refractivity contribution in [2.24, 2.45) is 0 Å². The first-order valence-electron chi connectivity index (χ1n) is 5.53. The van der Waals surface area contributed by atoms with Crippen LogP contribution in [0.5, 0.6) is 0 Å². The maximum absolute atomic E-state index is 13.0. The number of esters is 1. The fourth-order valence-electron chi connectivity index (χ4n) is 1.53. The second kappa shape index (κ2) is 5.71. The molecule has 19 heavy (non-hydrogen) atoms. The third-order valence-corrected chi connectivity index (χ3v) is 2.73. The van der Waals surface area contributed by atoms with Crippen molar-refractivity contribution in [2.45, 2.75) is 6.61 Å². The summed E-state index contributed by atoms with van der Waals surface area (Å²) < 4.78 is 18.1. The van der Waals surface area contributed by atoms with Gasteiger partial charge in [-0.3, -0.25) is 0 Å². The average Bonchev–Trinajstić information content (AvgIpc) is 2.39. The second-order valence-electron chi connectivity index (χ2n) is 3.94. The number of nitrogen functional groups attached to an aromatic ring is 1. The summed E-state index contributed by atoms with van der Waals surface area (Å²) in [6.45, 7) is 0.0939. The van der Waals surface area contributed by atoms with Gasteiger partial charge >= 0.3 is 5.97 Å². The van der Waals surface area contributed by atoms with Crippen molar-refractivity contribution in [2.75, 3.05) is 5.73 Å². The minimum absolute atomic E-state index is 0.0859. The lowest BCUT2D eigenvalue weighted by atomic mass is 10.2. The van der Waals surface area contributed by atoms with Crippen LogP contribution in [0.15, 0.2) is 42.5 Å². The molecular weight excluding hydrogens is 269 g/mol. The lowest BCUT2D eigenvalue weighted by molar-refractivity contribution is 0.0472. The van der Waals surface area contributed by atoms with Gasteiger partial charge in [0.1, 0.15) is 12.4 Å². The van der Waals surface area contributed by atoms with E-state index in [0.717, 1.165) is 11.6 Å². The number of rotatable bonds is 3. The van der Waals surface area contributed by atoms with Crippen LogP contribution in [-0.4, -0.2) is 5.97 Å². The van der Waals surface area contributed by atoms with Gasteiger partial charge in [-0.1, -0.05) is 23.7 Å². The topological polar surface area (TPSA) is 52.3 Å². The first-order valence-corrected chi connectivity index (χ1v) is 5.90. The average molecular weight is 280 g/mol. The van der Waals surface area contributed by atoms with Crippen molar-refractivity contribution in [3.8, 4) is 0 Å². The number of anilines is 1. The van der Waals surface area contributed by atoms with E-state index < -0.39 is 11.8 Å². The molecule has 0 radical (unpaired) electrons. The van der Waals surface area contributed by atoms with Crippen LogP contribution < -0.4 is 5.73 Å². The largest absolute Gasteiger partial charge is 0.457 e. The van der Waals surface area contributed by atoms with E-state index >= 15 is 0 Å². The molecule has 0 saturated carbocycles. The van der Waals surface area contributed by atoms with Crippen LogP contribution in [0.2, 0.25) is 5.02 Å².